The second kappa shape index (κ2) is 8.69. The van der Waals surface area contributed by atoms with Gasteiger partial charge >= 0.3 is 5.97 Å². The summed E-state index contributed by atoms with van der Waals surface area (Å²) in [6, 6.07) is 3.52. The van der Waals surface area contributed by atoms with Crippen LogP contribution in [-0.4, -0.2) is 65.5 Å². The number of fused-ring (bicyclic) bond motifs is 3. The Morgan fingerprint density at radius 2 is 1.65 bits per heavy atom. The van der Waals surface area contributed by atoms with Crippen molar-refractivity contribution in [2.24, 2.45) is 0 Å². The van der Waals surface area contributed by atoms with Gasteiger partial charge in [0.2, 0.25) is 22.6 Å². The maximum absolute atomic E-state index is 13.7. The van der Waals surface area contributed by atoms with E-state index in [1.807, 2.05) is 0 Å². The van der Waals surface area contributed by atoms with E-state index < -0.39 is 97.3 Å². The zero-order valence-corrected chi connectivity index (χ0v) is 20.7. The number of aromatic carboxylic acids is 1. The van der Waals surface area contributed by atoms with Crippen LogP contribution in [0.5, 0.6) is 28.7 Å². The normalized spacial score (nSPS) is 17.4. The third-order valence-electron chi connectivity index (χ3n) is 6.90. The molecule has 0 saturated carbocycles. The van der Waals surface area contributed by atoms with Gasteiger partial charge in [0.05, 0.1) is 22.4 Å². The average molecular weight is 552 g/mol. The molecule has 1 aliphatic rings. The molecule has 13 heteroatoms. The molecule has 3 aromatic carbocycles. The molecule has 1 aliphatic heterocycles. The van der Waals surface area contributed by atoms with Crippen molar-refractivity contribution in [1.82, 2.24) is 0 Å². The lowest BCUT2D eigenvalue weighted by atomic mass is 9.81. The van der Waals surface area contributed by atoms with E-state index in [-0.39, 0.29) is 22.5 Å². The van der Waals surface area contributed by atoms with E-state index in [1.54, 1.807) is 0 Å². The van der Waals surface area contributed by atoms with Crippen LogP contribution in [0.2, 0.25) is 0 Å². The summed E-state index contributed by atoms with van der Waals surface area (Å²) in [7, 11) is 0. The van der Waals surface area contributed by atoms with Gasteiger partial charge in [-0.05, 0) is 31.5 Å². The topological polar surface area (TPSA) is 232 Å². The fraction of sp³-hybridized carbons (Fsp3) is 0.185. The highest BCUT2D eigenvalue weighted by molar-refractivity contribution is 6.25. The molecule has 5 rings (SSSR count). The lowest BCUT2D eigenvalue weighted by molar-refractivity contribution is 0.00513. The van der Waals surface area contributed by atoms with Gasteiger partial charge in [0.15, 0.2) is 23.0 Å². The summed E-state index contributed by atoms with van der Waals surface area (Å²) in [4.78, 5) is 52.4. The molecule has 0 aliphatic carbocycles. The molecular weight excluding hydrogens is 532 g/mol. The molecule has 0 fully saturated rings. The van der Waals surface area contributed by atoms with Gasteiger partial charge in [-0.2, -0.15) is 0 Å². The van der Waals surface area contributed by atoms with Gasteiger partial charge in [-0.25, -0.2) is 4.79 Å². The first-order valence-electron chi connectivity index (χ1n) is 11.6. The highest BCUT2D eigenvalue weighted by Crippen LogP contribution is 2.41. The summed E-state index contributed by atoms with van der Waals surface area (Å²) in [5, 5.41) is 70.0. The van der Waals surface area contributed by atoms with E-state index in [0.717, 1.165) is 24.3 Å². The molecule has 0 radical (unpaired) electrons. The lowest BCUT2D eigenvalue weighted by Crippen LogP contribution is -2.54. The number of hydrogen-bond acceptors (Lipinski definition) is 12. The average Bonchev–Trinajstić information content (AvgIpc) is 2.88. The van der Waals surface area contributed by atoms with E-state index in [1.165, 1.54) is 13.8 Å². The molecule has 2 atom stereocenters. The van der Waals surface area contributed by atoms with E-state index in [4.69, 9.17) is 9.15 Å². The number of Topliss-reactive ketones (excluding diaryl/α,β-unsaturated/α-hetero) is 2. The van der Waals surface area contributed by atoms with Crippen LogP contribution in [-0.2, 0) is 0 Å². The molecule has 13 nitrogen and oxygen atoms in total. The molecule has 40 heavy (non-hydrogen) atoms. The number of carboxylic acids is 1. The summed E-state index contributed by atoms with van der Waals surface area (Å²) in [5.74, 6) is -7.68. The Balaban J connectivity index is 1.81. The molecular formula is C27H20O13. The number of phenols is 4. The predicted molar refractivity (Wildman–Crippen MR) is 135 cm³/mol. The number of hydrogen-bond donors (Lipinski definition) is 7. The fourth-order valence-electron chi connectivity index (χ4n) is 4.91. The minimum absolute atomic E-state index is 0.00275. The van der Waals surface area contributed by atoms with Crippen LogP contribution >= 0.6 is 0 Å². The number of aliphatic hydroxyl groups excluding tert-OH is 1. The quantitative estimate of drug-likeness (QED) is 0.0832. The highest BCUT2D eigenvalue weighted by atomic mass is 16.5. The van der Waals surface area contributed by atoms with Crippen LogP contribution in [0.3, 0.4) is 0 Å². The van der Waals surface area contributed by atoms with E-state index in [2.05, 4.69) is 0 Å². The molecule has 1 aromatic heterocycles. The van der Waals surface area contributed by atoms with Crippen LogP contribution in [0.15, 0.2) is 33.5 Å². The number of rotatable bonds is 4. The SMILES string of the molecule is Cc1c(C(=O)C2(O)COc3cc(O)c(O)cc3C2=O)cc2c(=O)c3c(C(=O)O)c(O)c(O)cc3oc2c1C(C)O. The molecule has 7 N–H and O–H groups in total. The van der Waals surface area contributed by atoms with Gasteiger partial charge in [0.25, 0.3) is 0 Å². The molecule has 0 bridgehead atoms. The maximum Gasteiger partial charge on any atom is 0.340 e. The molecule has 0 spiro atoms. The minimum Gasteiger partial charge on any atom is -0.504 e. The zero-order valence-electron chi connectivity index (χ0n) is 20.7. The zero-order chi connectivity index (χ0) is 29.4. The van der Waals surface area contributed by atoms with Crippen molar-refractivity contribution in [3.05, 3.63) is 62.3 Å². The van der Waals surface area contributed by atoms with Crippen LogP contribution < -0.4 is 10.2 Å². The molecule has 4 aromatic rings. The highest BCUT2D eigenvalue weighted by Gasteiger charge is 2.50. The molecule has 0 amide bonds. The van der Waals surface area contributed by atoms with Crippen molar-refractivity contribution < 1.29 is 59.3 Å². The monoisotopic (exact) mass is 552 g/mol. The number of carbonyl (C=O) groups excluding carboxylic acids is 2. The fourth-order valence-corrected chi connectivity index (χ4v) is 4.91. The van der Waals surface area contributed by atoms with Gasteiger partial charge in [-0.15, -0.1) is 0 Å². The Morgan fingerprint density at radius 1 is 1.00 bits per heavy atom. The Kier molecular flexibility index (Phi) is 5.75. The first-order valence-corrected chi connectivity index (χ1v) is 11.6. The van der Waals surface area contributed by atoms with Gasteiger partial charge in [0, 0.05) is 23.3 Å². The maximum atomic E-state index is 13.7. The standard InChI is InChI=1S/C27H20O13/c1-8-10(24(34)27(38)7-39-16-5-14(30)13(29)4-11(16)25(27)35)3-12-21(32)19-17(40-23(12)18(8)9(2)28)6-15(31)22(33)20(19)26(36)37/h3-6,9,28-31,33,38H,7H2,1-2H3,(H,36,37). The third-order valence-corrected chi connectivity index (χ3v) is 6.90. The number of aromatic hydroxyl groups is 4. The minimum atomic E-state index is -2.86. The number of phenolic OH excluding ortho intramolecular Hbond substituents is 3. The Morgan fingerprint density at radius 3 is 2.27 bits per heavy atom. The molecule has 206 valence electrons. The lowest BCUT2D eigenvalue weighted by Gasteiger charge is -2.31. The summed E-state index contributed by atoms with van der Waals surface area (Å²) in [5.41, 5.74) is -6.52. The Bertz CT molecular complexity index is 1880. The van der Waals surface area contributed by atoms with Crippen LogP contribution in [0.25, 0.3) is 21.9 Å². The van der Waals surface area contributed by atoms with Crippen molar-refractivity contribution in [2.75, 3.05) is 6.61 Å². The first-order chi connectivity index (χ1) is 18.7. The number of ketones is 2. The van der Waals surface area contributed by atoms with Crippen molar-refractivity contribution in [2.45, 2.75) is 25.6 Å². The summed E-state index contributed by atoms with van der Waals surface area (Å²) in [6.07, 6.45) is -1.39. The first kappa shape index (κ1) is 26.5. The number of carboxylic acid groups (broad SMARTS) is 1. The third kappa shape index (κ3) is 3.56. The second-order valence-electron chi connectivity index (χ2n) is 9.39. The number of carbonyl (C=O) groups is 3. The van der Waals surface area contributed by atoms with Crippen molar-refractivity contribution in [1.29, 1.82) is 0 Å². The molecule has 2 unspecified atom stereocenters. The van der Waals surface area contributed by atoms with Crippen molar-refractivity contribution >= 4 is 39.5 Å². The van der Waals surface area contributed by atoms with Gasteiger partial charge in [0.1, 0.15) is 29.1 Å². The summed E-state index contributed by atoms with van der Waals surface area (Å²) >= 11 is 0. The van der Waals surface area contributed by atoms with Gasteiger partial charge < -0.3 is 44.9 Å². The number of aliphatic hydroxyl groups is 2. The van der Waals surface area contributed by atoms with Crippen molar-refractivity contribution in [3.8, 4) is 28.7 Å². The van der Waals surface area contributed by atoms with Crippen molar-refractivity contribution in [3.63, 3.8) is 0 Å². The molecule has 2 heterocycles. The van der Waals surface area contributed by atoms with Gasteiger partial charge in [-0.1, -0.05) is 0 Å². The Hall–Kier alpha value is -5.14. The number of ether oxygens (including phenoxy) is 1. The summed E-state index contributed by atoms with van der Waals surface area (Å²) < 4.78 is 11.0. The largest absolute Gasteiger partial charge is 0.504 e. The van der Waals surface area contributed by atoms with Crippen LogP contribution in [0.4, 0.5) is 0 Å². The van der Waals surface area contributed by atoms with Gasteiger partial charge in [-0.3, -0.25) is 14.4 Å². The van der Waals surface area contributed by atoms with Crippen LogP contribution in [0.1, 0.15) is 55.2 Å². The van der Waals surface area contributed by atoms with E-state index in [0.29, 0.717) is 0 Å². The predicted octanol–water partition coefficient (Wildman–Crippen LogP) is 2.02. The summed E-state index contributed by atoms with van der Waals surface area (Å²) in [6.45, 7) is 1.74. The second-order valence-corrected chi connectivity index (χ2v) is 9.39. The smallest absolute Gasteiger partial charge is 0.340 e. The number of benzene rings is 3. The molecule has 0 saturated heterocycles. The van der Waals surface area contributed by atoms with Crippen LogP contribution in [0, 0.1) is 6.92 Å². The Labute approximate surface area is 222 Å². The van der Waals surface area contributed by atoms with E-state index >= 15 is 0 Å². The van der Waals surface area contributed by atoms with E-state index in [9.17, 15) is 54.9 Å².